The molecule has 0 bridgehead atoms. The van der Waals surface area contributed by atoms with Crippen molar-refractivity contribution in [2.75, 3.05) is 6.54 Å². The molecule has 1 unspecified atom stereocenters. The van der Waals surface area contributed by atoms with Gasteiger partial charge in [-0.1, -0.05) is 19.9 Å². The molecule has 5 nitrogen and oxygen atoms in total. The van der Waals surface area contributed by atoms with E-state index in [9.17, 15) is 9.90 Å². The van der Waals surface area contributed by atoms with Crippen LogP contribution in [-0.2, 0) is 0 Å². The van der Waals surface area contributed by atoms with Crippen LogP contribution in [0.3, 0.4) is 0 Å². The van der Waals surface area contributed by atoms with E-state index in [0.717, 1.165) is 18.3 Å². The predicted octanol–water partition coefficient (Wildman–Crippen LogP) is 5.36. The van der Waals surface area contributed by atoms with E-state index < -0.39 is 6.09 Å². The first-order valence-electron chi connectivity index (χ1n) is 11.5. The van der Waals surface area contributed by atoms with Crippen molar-refractivity contribution in [3.63, 3.8) is 0 Å². The molecule has 0 spiro atoms. The number of fused-ring (bicyclic) bond motifs is 5. The lowest BCUT2D eigenvalue weighted by Crippen LogP contribution is -2.55. The zero-order chi connectivity index (χ0) is 20.4. The quantitative estimate of drug-likeness (QED) is 0.694. The fourth-order valence-electron chi connectivity index (χ4n) is 8.32. The number of hydrogen-bond acceptors (Lipinski definition) is 2. The number of likely N-dealkylation sites (tertiary alicyclic amines) is 1. The summed E-state index contributed by atoms with van der Waals surface area (Å²) >= 11 is 0. The standard InChI is InChI=1S/C24H35N3O2/c1-16-18-6-5-17-19-7-8-21(26-14-12-25-15-26)24(19,3)11-9-20(17)23(18,2)10-4-13-27(16)22(28)29/h8,12,14-20H,4-7,9-11,13H2,1-3H3,(H,28,29)/t16?,17-,18-,19-,20-,23-,24-/m0/s1. The molecule has 7 atom stereocenters. The lowest BCUT2D eigenvalue weighted by molar-refractivity contribution is -0.0917. The molecule has 0 aromatic carbocycles. The lowest BCUT2D eigenvalue weighted by Gasteiger charge is -2.59. The molecule has 1 aromatic rings. The fourth-order valence-corrected chi connectivity index (χ4v) is 8.32. The van der Waals surface area contributed by atoms with Gasteiger partial charge < -0.3 is 14.6 Å². The van der Waals surface area contributed by atoms with Crippen molar-refractivity contribution in [2.24, 2.45) is 34.5 Å². The summed E-state index contributed by atoms with van der Waals surface area (Å²) in [4.78, 5) is 17.9. The Labute approximate surface area is 174 Å². The molecule has 1 amide bonds. The second-order valence-electron chi connectivity index (χ2n) is 10.6. The maximum atomic E-state index is 11.8. The van der Waals surface area contributed by atoms with Crippen LogP contribution < -0.4 is 0 Å². The van der Waals surface area contributed by atoms with Crippen LogP contribution in [-0.4, -0.2) is 38.2 Å². The van der Waals surface area contributed by atoms with Gasteiger partial charge in [-0.3, -0.25) is 0 Å². The van der Waals surface area contributed by atoms with Gasteiger partial charge in [0.15, 0.2) is 0 Å². The molecule has 1 N–H and O–H groups in total. The topological polar surface area (TPSA) is 58.4 Å². The number of amides is 1. The highest BCUT2D eigenvalue weighted by Gasteiger charge is 2.59. The van der Waals surface area contributed by atoms with Gasteiger partial charge in [0.2, 0.25) is 0 Å². The molecule has 5 heteroatoms. The van der Waals surface area contributed by atoms with Crippen molar-refractivity contribution in [1.29, 1.82) is 0 Å². The van der Waals surface area contributed by atoms with Gasteiger partial charge in [0.25, 0.3) is 0 Å². The number of hydrogen-bond donors (Lipinski definition) is 1. The van der Waals surface area contributed by atoms with E-state index in [0.29, 0.717) is 18.4 Å². The van der Waals surface area contributed by atoms with Gasteiger partial charge in [-0.25, -0.2) is 9.78 Å². The summed E-state index contributed by atoms with van der Waals surface area (Å²) in [5.74, 6) is 2.70. The Morgan fingerprint density at radius 1 is 1.17 bits per heavy atom. The molecular formula is C24H35N3O2. The van der Waals surface area contributed by atoms with Crippen molar-refractivity contribution in [3.05, 3.63) is 24.8 Å². The Kier molecular flexibility index (Phi) is 4.38. The van der Waals surface area contributed by atoms with E-state index in [1.165, 1.54) is 44.2 Å². The Balaban J connectivity index is 1.44. The number of carboxylic acid groups (broad SMARTS) is 1. The molecule has 2 heterocycles. The van der Waals surface area contributed by atoms with Crippen LogP contribution in [0.5, 0.6) is 0 Å². The van der Waals surface area contributed by atoms with Gasteiger partial charge >= 0.3 is 6.09 Å². The van der Waals surface area contributed by atoms with Gasteiger partial charge in [0, 0.05) is 36.1 Å². The van der Waals surface area contributed by atoms with Crippen molar-refractivity contribution < 1.29 is 9.90 Å². The Morgan fingerprint density at radius 2 is 2.00 bits per heavy atom. The van der Waals surface area contributed by atoms with E-state index in [-0.39, 0.29) is 16.9 Å². The third-order valence-corrected chi connectivity index (χ3v) is 9.70. The molecule has 3 fully saturated rings. The number of carbonyl (C=O) groups is 1. The third kappa shape index (κ3) is 2.65. The molecule has 29 heavy (non-hydrogen) atoms. The smallest absolute Gasteiger partial charge is 0.407 e. The van der Waals surface area contributed by atoms with Crippen LogP contribution in [0.4, 0.5) is 4.79 Å². The highest BCUT2D eigenvalue weighted by molar-refractivity contribution is 5.65. The number of aromatic nitrogens is 2. The van der Waals surface area contributed by atoms with Crippen LogP contribution in [0, 0.1) is 34.5 Å². The molecule has 5 rings (SSSR count). The molecular weight excluding hydrogens is 362 g/mol. The Morgan fingerprint density at radius 3 is 2.72 bits per heavy atom. The van der Waals surface area contributed by atoms with Crippen molar-refractivity contribution in [2.45, 2.75) is 71.8 Å². The zero-order valence-corrected chi connectivity index (χ0v) is 18.1. The maximum absolute atomic E-state index is 11.8. The summed E-state index contributed by atoms with van der Waals surface area (Å²) in [6.07, 6.45) is 16.0. The summed E-state index contributed by atoms with van der Waals surface area (Å²) < 4.78 is 2.24. The minimum absolute atomic E-state index is 0.137. The molecule has 158 valence electrons. The van der Waals surface area contributed by atoms with E-state index in [4.69, 9.17) is 0 Å². The molecule has 3 aliphatic carbocycles. The summed E-state index contributed by atoms with van der Waals surface area (Å²) in [5, 5.41) is 9.73. The lowest BCUT2D eigenvalue weighted by atomic mass is 9.46. The van der Waals surface area contributed by atoms with Crippen molar-refractivity contribution >= 4 is 11.8 Å². The van der Waals surface area contributed by atoms with E-state index >= 15 is 0 Å². The van der Waals surface area contributed by atoms with Gasteiger partial charge in [-0.2, -0.15) is 0 Å². The van der Waals surface area contributed by atoms with Crippen LogP contribution in [0.1, 0.15) is 65.7 Å². The van der Waals surface area contributed by atoms with Gasteiger partial charge in [-0.05, 0) is 81.0 Å². The average Bonchev–Trinajstić information content (AvgIpc) is 3.28. The minimum Gasteiger partial charge on any atom is -0.465 e. The summed E-state index contributed by atoms with van der Waals surface area (Å²) in [5.41, 5.74) is 1.97. The maximum Gasteiger partial charge on any atom is 0.407 e. The third-order valence-electron chi connectivity index (χ3n) is 9.70. The monoisotopic (exact) mass is 397 g/mol. The molecule has 1 saturated heterocycles. The molecule has 1 aliphatic heterocycles. The Hall–Kier alpha value is -1.78. The van der Waals surface area contributed by atoms with Gasteiger partial charge in [0.05, 0.1) is 6.33 Å². The van der Waals surface area contributed by atoms with Gasteiger partial charge in [0.1, 0.15) is 0 Å². The number of nitrogens with zero attached hydrogens (tertiary/aromatic N) is 3. The number of imidazole rings is 1. The number of rotatable bonds is 1. The normalized spacial score (nSPS) is 44.3. The summed E-state index contributed by atoms with van der Waals surface area (Å²) in [6, 6.07) is 0.137. The van der Waals surface area contributed by atoms with Crippen molar-refractivity contribution in [1.82, 2.24) is 14.5 Å². The largest absolute Gasteiger partial charge is 0.465 e. The van der Waals surface area contributed by atoms with E-state index in [1.807, 2.05) is 12.5 Å². The number of allylic oxidation sites excluding steroid dienone is 2. The van der Waals surface area contributed by atoms with Gasteiger partial charge in [-0.15, -0.1) is 0 Å². The Bertz CT molecular complexity index is 818. The summed E-state index contributed by atoms with van der Waals surface area (Å²) in [7, 11) is 0. The van der Waals surface area contributed by atoms with Crippen LogP contribution in [0.15, 0.2) is 24.8 Å². The summed E-state index contributed by atoms with van der Waals surface area (Å²) in [6.45, 7) is 7.87. The van der Waals surface area contributed by atoms with Crippen molar-refractivity contribution in [3.8, 4) is 0 Å². The van der Waals surface area contributed by atoms with Crippen LogP contribution >= 0.6 is 0 Å². The molecule has 4 aliphatic rings. The van der Waals surface area contributed by atoms with E-state index in [1.54, 1.807) is 4.90 Å². The molecule has 2 saturated carbocycles. The first kappa shape index (κ1) is 19.2. The van der Waals surface area contributed by atoms with Crippen LogP contribution in [0.25, 0.3) is 5.70 Å². The highest BCUT2D eigenvalue weighted by Crippen LogP contribution is 2.66. The molecule has 1 aromatic heterocycles. The first-order chi connectivity index (χ1) is 13.9. The first-order valence-corrected chi connectivity index (χ1v) is 11.5. The predicted molar refractivity (Wildman–Crippen MR) is 113 cm³/mol. The SMILES string of the molecule is CC1[C@@H]2CC[C@@H]3[C@H](CC[C@]4(C)C(n5ccnc5)=CC[C@@H]34)[C@@]2(C)CCCN1C(=O)O. The minimum atomic E-state index is -0.731. The second kappa shape index (κ2) is 6.61. The molecule has 0 radical (unpaired) electrons. The fraction of sp³-hybridized carbons (Fsp3) is 0.750. The zero-order valence-electron chi connectivity index (χ0n) is 18.1. The second-order valence-corrected chi connectivity index (χ2v) is 10.6. The van der Waals surface area contributed by atoms with E-state index in [2.05, 4.69) is 42.6 Å². The average molecular weight is 398 g/mol. The highest BCUT2D eigenvalue weighted by atomic mass is 16.4. The van der Waals surface area contributed by atoms with Crippen LogP contribution in [0.2, 0.25) is 0 Å².